The number of nitrogens with one attached hydrogen (secondary N) is 3. The number of benzene rings is 3. The number of primary amides is 1. The molecule has 18 nitrogen and oxygen atoms in total. The predicted molar refractivity (Wildman–Crippen MR) is 254 cm³/mol. The van der Waals surface area contributed by atoms with Gasteiger partial charge in [-0.05, 0) is 105 Å². The Labute approximate surface area is 399 Å². The zero-order valence-corrected chi connectivity index (χ0v) is 39.7. The van der Waals surface area contributed by atoms with E-state index in [1.54, 1.807) is 50.1 Å². The number of likely N-dealkylation sites (tertiary alicyclic amines) is 1. The monoisotopic (exact) mass is 992 g/mol. The van der Waals surface area contributed by atoms with Crippen molar-refractivity contribution in [3.63, 3.8) is 0 Å². The van der Waals surface area contributed by atoms with Crippen LogP contribution in [0.4, 0.5) is 20.6 Å². The summed E-state index contributed by atoms with van der Waals surface area (Å²) in [7, 11) is -2.23. The van der Waals surface area contributed by atoms with Crippen LogP contribution in [0.2, 0.25) is 5.02 Å². The number of aromatic nitrogens is 2. The van der Waals surface area contributed by atoms with Crippen molar-refractivity contribution in [1.82, 2.24) is 23.7 Å². The number of nitrogens with zero attached hydrogens (tertiary/aromatic N) is 4. The smallest absolute Gasteiger partial charge is 0.349 e. The fraction of sp³-hybridized carbons (Fsp3) is 0.391. The zero-order valence-electron chi connectivity index (χ0n) is 37.3. The number of hydrogen-bond acceptors (Lipinski definition) is 11. The molecule has 2 aromatic heterocycles. The number of imide groups is 1. The molecule has 5 amide bonds. The number of carbonyl (C=O) groups excluding carboxylic acids is 4. The lowest BCUT2D eigenvalue weighted by atomic mass is 9.89. The molecule has 0 spiro atoms. The molecule has 3 fully saturated rings. The van der Waals surface area contributed by atoms with E-state index < -0.39 is 51.8 Å². The first-order valence-electron chi connectivity index (χ1n) is 21.9. The average Bonchev–Trinajstić information content (AvgIpc) is 3.74. The number of anilines is 2. The summed E-state index contributed by atoms with van der Waals surface area (Å²) in [5.74, 6) is -4.01. The van der Waals surface area contributed by atoms with Gasteiger partial charge >= 0.3 is 17.7 Å². The summed E-state index contributed by atoms with van der Waals surface area (Å²) in [4.78, 5) is 76.1. The van der Waals surface area contributed by atoms with E-state index in [9.17, 15) is 42.3 Å². The van der Waals surface area contributed by atoms with Crippen LogP contribution in [0, 0.1) is 5.82 Å². The Bertz CT molecular complexity index is 3030. The van der Waals surface area contributed by atoms with E-state index in [0.29, 0.717) is 66.6 Å². The van der Waals surface area contributed by atoms with Gasteiger partial charge in [0.1, 0.15) is 16.9 Å². The molecule has 5 aromatic rings. The van der Waals surface area contributed by atoms with Gasteiger partial charge in [-0.3, -0.25) is 28.8 Å². The Balaban J connectivity index is 0.868. The first-order chi connectivity index (χ1) is 32.2. The van der Waals surface area contributed by atoms with E-state index in [0.717, 1.165) is 16.9 Å². The Hall–Kier alpha value is -6.29. The number of aryl methyl sites for hydroxylation is 1. The summed E-state index contributed by atoms with van der Waals surface area (Å²) in [6.07, 6.45) is 2.40. The quantitative estimate of drug-likeness (QED) is 0.0857. The molecule has 2 atom stereocenters. The Morgan fingerprint density at radius 1 is 1.00 bits per heavy atom. The Morgan fingerprint density at radius 3 is 2.44 bits per heavy atom. The van der Waals surface area contributed by atoms with Crippen LogP contribution in [-0.4, -0.2) is 99.4 Å². The number of thiophene rings is 1. The van der Waals surface area contributed by atoms with Crippen LogP contribution in [0.25, 0.3) is 21.5 Å². The molecule has 8 rings (SSSR count). The van der Waals surface area contributed by atoms with E-state index >= 15 is 4.39 Å². The molecule has 3 aliphatic heterocycles. The lowest BCUT2D eigenvalue weighted by Gasteiger charge is -2.45. The van der Waals surface area contributed by atoms with Gasteiger partial charge in [-0.1, -0.05) is 35.9 Å². The molecule has 3 saturated heterocycles. The van der Waals surface area contributed by atoms with Gasteiger partial charge in [0.2, 0.25) is 21.8 Å². The van der Waals surface area contributed by atoms with Gasteiger partial charge in [0, 0.05) is 50.4 Å². The molecule has 0 radical (unpaired) electrons. The van der Waals surface area contributed by atoms with E-state index in [1.165, 1.54) is 31.6 Å². The van der Waals surface area contributed by atoms with Crippen molar-refractivity contribution in [3.05, 3.63) is 98.0 Å². The molecule has 6 N–H and O–H groups in total. The third kappa shape index (κ3) is 9.83. The number of amides is 5. The number of sulfonamides is 1. The highest BCUT2D eigenvalue weighted by Crippen LogP contribution is 2.46. The summed E-state index contributed by atoms with van der Waals surface area (Å²) in [5, 5.41) is 18.1. The SMILES string of the molecule is Cn1c(=O)n(C2CCC(=O)NC2=O)c2ccc(C3CCN(C(=O)Nc4cccc(CS(=O)(=O)N5CC[C@@H](Nc6cc(-c7sc(C(=O)O)c(OCC(N)=O)c7Cl)ccc6F)CC5(C)C)c4)CC3)cc21. The van der Waals surface area contributed by atoms with Crippen LogP contribution in [0.1, 0.15) is 85.1 Å². The van der Waals surface area contributed by atoms with Gasteiger partial charge in [0.15, 0.2) is 17.2 Å². The second-order valence-corrected chi connectivity index (χ2v) is 21.2. The number of imidazole rings is 1. The second-order valence-electron chi connectivity index (χ2n) is 18.0. The van der Waals surface area contributed by atoms with Crippen molar-refractivity contribution in [1.29, 1.82) is 0 Å². The lowest BCUT2D eigenvalue weighted by molar-refractivity contribution is -0.135. The number of carbonyl (C=O) groups is 5. The summed E-state index contributed by atoms with van der Waals surface area (Å²) in [6, 6.07) is 15.2. The number of ether oxygens (including phenoxy) is 1. The molecule has 0 saturated carbocycles. The van der Waals surface area contributed by atoms with Gasteiger partial charge in [-0.2, -0.15) is 4.31 Å². The number of rotatable bonds is 13. The summed E-state index contributed by atoms with van der Waals surface area (Å²) >= 11 is 7.31. The van der Waals surface area contributed by atoms with Crippen LogP contribution < -0.4 is 32.1 Å². The maximum absolute atomic E-state index is 15.3. The van der Waals surface area contributed by atoms with E-state index in [1.807, 2.05) is 18.2 Å². The minimum Gasteiger partial charge on any atom is -0.480 e. The first-order valence-corrected chi connectivity index (χ1v) is 24.7. The van der Waals surface area contributed by atoms with E-state index in [4.69, 9.17) is 22.1 Å². The van der Waals surface area contributed by atoms with Gasteiger partial charge in [-0.25, -0.2) is 27.2 Å². The number of urea groups is 1. The van der Waals surface area contributed by atoms with Gasteiger partial charge in [0.05, 0.1) is 27.4 Å². The first kappa shape index (κ1) is 48.2. The van der Waals surface area contributed by atoms with Crippen molar-refractivity contribution in [3.8, 4) is 16.2 Å². The van der Waals surface area contributed by atoms with Crippen LogP contribution in [0.3, 0.4) is 0 Å². The number of piperidine rings is 3. The third-order valence-corrected chi connectivity index (χ3v) is 16.5. The Morgan fingerprint density at radius 2 is 1.75 bits per heavy atom. The van der Waals surface area contributed by atoms with Gasteiger partial charge < -0.3 is 31.1 Å². The van der Waals surface area contributed by atoms with E-state index in [-0.39, 0.29) is 80.9 Å². The fourth-order valence-electron chi connectivity index (χ4n) is 9.52. The van der Waals surface area contributed by atoms with Gasteiger partial charge in [0.25, 0.3) is 5.91 Å². The van der Waals surface area contributed by atoms with Crippen LogP contribution in [0.15, 0.2) is 65.5 Å². The average molecular weight is 994 g/mol. The number of fused-ring (bicyclic) bond motifs is 1. The molecular weight excluding hydrogens is 943 g/mol. The summed E-state index contributed by atoms with van der Waals surface area (Å²) < 4.78 is 53.0. The molecule has 22 heteroatoms. The van der Waals surface area contributed by atoms with Crippen molar-refractivity contribution in [2.45, 2.75) is 81.7 Å². The minimum absolute atomic E-state index is 0.0679. The summed E-state index contributed by atoms with van der Waals surface area (Å²) in [5.41, 5.74) is 7.66. The molecule has 3 aromatic carbocycles. The molecule has 5 heterocycles. The molecule has 0 bridgehead atoms. The van der Waals surface area contributed by atoms with Crippen LogP contribution in [-0.2, 0) is 37.2 Å². The number of carboxylic acids is 1. The standard InChI is InChI=1S/C46H50ClFN8O10S2/c1-46(2)22-30(50-32-20-28(7-9-31(32)48)40-38(47)39(66-23-36(49)57)41(67-40)43(60)61)15-18-55(46)68(64,65)24-25-5-4-6-29(19-25)51-44(62)54-16-13-26(14-17-54)27-8-10-33-35(21-27)53(3)45(63)56(33)34-11-12-37(58)52-42(34)59/h4-10,19-21,26,30,34,50H,11-18,22-24H2,1-3H3,(H2,49,57)(H,51,62)(H,60,61)(H,52,58,59)/t30-,34?/m1/s1. The van der Waals surface area contributed by atoms with Crippen LogP contribution in [0.5, 0.6) is 5.75 Å². The molecule has 3 aliphatic rings. The highest BCUT2D eigenvalue weighted by molar-refractivity contribution is 7.88. The van der Waals surface area contributed by atoms with Crippen molar-refractivity contribution >= 4 is 85.1 Å². The highest BCUT2D eigenvalue weighted by atomic mass is 35.5. The molecular formula is C46H50ClFN8O10S2. The minimum atomic E-state index is -3.89. The second kappa shape index (κ2) is 19.0. The van der Waals surface area contributed by atoms with E-state index in [2.05, 4.69) is 16.0 Å². The molecule has 1 unspecified atom stereocenters. The van der Waals surface area contributed by atoms with Crippen molar-refractivity contribution in [2.24, 2.45) is 12.8 Å². The Kier molecular flexibility index (Phi) is 13.5. The lowest BCUT2D eigenvalue weighted by Crippen LogP contribution is -2.55. The maximum Gasteiger partial charge on any atom is 0.349 e. The highest BCUT2D eigenvalue weighted by Gasteiger charge is 2.42. The third-order valence-electron chi connectivity index (χ3n) is 12.8. The molecule has 0 aliphatic carbocycles. The fourth-order valence-corrected chi connectivity index (χ4v) is 12.9. The van der Waals surface area contributed by atoms with Gasteiger partial charge in [-0.15, -0.1) is 11.3 Å². The molecule has 68 heavy (non-hydrogen) atoms. The number of hydrogen-bond donors (Lipinski definition) is 5. The largest absolute Gasteiger partial charge is 0.480 e. The maximum atomic E-state index is 15.3. The van der Waals surface area contributed by atoms with Crippen LogP contribution >= 0.6 is 22.9 Å². The number of aromatic carboxylic acids is 1. The number of carboxylic acid groups (broad SMARTS) is 1. The molecule has 360 valence electrons. The summed E-state index contributed by atoms with van der Waals surface area (Å²) in [6.45, 7) is 4.08. The van der Waals surface area contributed by atoms with Crippen molar-refractivity contribution in [2.75, 3.05) is 36.9 Å². The number of nitrogens with two attached hydrogens (primary N) is 1. The number of halogens is 2. The zero-order chi connectivity index (χ0) is 48.8. The topological polar surface area (TPSA) is 244 Å². The van der Waals surface area contributed by atoms with Crippen molar-refractivity contribution < 1.29 is 46.6 Å². The predicted octanol–water partition coefficient (Wildman–Crippen LogP) is 6.00. The normalized spacial score (nSPS) is 19.2.